The van der Waals surface area contributed by atoms with E-state index in [1.54, 1.807) is 48.6 Å². The van der Waals surface area contributed by atoms with Crippen molar-refractivity contribution in [3.8, 4) is 0 Å². The van der Waals surface area contributed by atoms with Crippen molar-refractivity contribution < 1.29 is 25.2 Å². The molecule has 0 fully saturated rings. The molecule has 0 aromatic rings. The van der Waals surface area contributed by atoms with Crippen LogP contribution in [0.1, 0.15) is 38.5 Å². The van der Waals surface area contributed by atoms with Crippen LogP contribution >= 0.6 is 0 Å². The van der Waals surface area contributed by atoms with Gasteiger partial charge in [-0.2, -0.15) is 0 Å². The van der Waals surface area contributed by atoms with Crippen LogP contribution in [0, 0.1) is 0 Å². The first kappa shape index (κ1) is 24.8. The molecule has 0 saturated heterocycles. The van der Waals surface area contributed by atoms with E-state index >= 15 is 0 Å². The van der Waals surface area contributed by atoms with E-state index < -0.39 is 18.2 Å². The number of aliphatic carboxylic acids is 1. The topological polar surface area (TPSA) is 98.0 Å². The molecule has 4 N–H and O–H groups in total. The lowest BCUT2D eigenvalue weighted by atomic mass is 10.0. The summed E-state index contributed by atoms with van der Waals surface area (Å²) in [5.41, 5.74) is 0. The number of unbranched alkanes of at least 4 members (excludes halogenated alkanes) is 4. The minimum absolute atomic E-state index is 0.231. The van der Waals surface area contributed by atoms with Gasteiger partial charge in [0.05, 0.1) is 12.2 Å². The molecule has 2 unspecified atom stereocenters. The Hall–Kier alpha value is -2.21. The minimum Gasteiger partial charge on any atom is -0.478 e. The normalized spacial score (nSPS) is 15.4. The number of carboxylic acid groups (broad SMARTS) is 1. The van der Waals surface area contributed by atoms with Gasteiger partial charge in [-0.3, -0.25) is 0 Å². The molecule has 0 aromatic heterocycles. The number of carboxylic acids is 1. The van der Waals surface area contributed by atoms with Gasteiger partial charge < -0.3 is 20.4 Å². The van der Waals surface area contributed by atoms with E-state index in [-0.39, 0.29) is 6.61 Å². The van der Waals surface area contributed by atoms with Crippen LogP contribution in [0.4, 0.5) is 0 Å². The second kappa shape index (κ2) is 18.6. The van der Waals surface area contributed by atoms with Crippen LogP contribution in [0.2, 0.25) is 0 Å². The molecule has 2 atom stereocenters. The summed E-state index contributed by atoms with van der Waals surface area (Å²) >= 11 is 0. The Balaban J connectivity index is 3.92. The van der Waals surface area contributed by atoms with Gasteiger partial charge >= 0.3 is 5.97 Å². The zero-order chi connectivity index (χ0) is 20.2. The first-order valence-electron chi connectivity index (χ1n) is 9.29. The zero-order valence-electron chi connectivity index (χ0n) is 15.7. The molecular weight excluding hydrogens is 344 g/mol. The quantitative estimate of drug-likeness (QED) is 0.199. The molecule has 0 spiro atoms. The van der Waals surface area contributed by atoms with Crippen molar-refractivity contribution in [1.29, 1.82) is 0 Å². The highest BCUT2D eigenvalue weighted by molar-refractivity contribution is 5.80. The summed E-state index contributed by atoms with van der Waals surface area (Å²) in [7, 11) is 0. The Morgan fingerprint density at radius 2 is 1.19 bits per heavy atom. The molecule has 0 aliphatic carbocycles. The van der Waals surface area contributed by atoms with Crippen molar-refractivity contribution in [3.63, 3.8) is 0 Å². The summed E-state index contributed by atoms with van der Waals surface area (Å²) in [6, 6.07) is 0. The number of carbonyl (C=O) groups is 1. The summed E-state index contributed by atoms with van der Waals surface area (Å²) in [4.78, 5) is 10.2. The number of hydrogen-bond acceptors (Lipinski definition) is 4. The largest absolute Gasteiger partial charge is 0.478 e. The second-order valence-corrected chi connectivity index (χ2v) is 5.96. The first-order chi connectivity index (χ1) is 13.1. The monoisotopic (exact) mass is 376 g/mol. The maximum atomic E-state index is 10.2. The summed E-state index contributed by atoms with van der Waals surface area (Å²) in [6.07, 6.45) is 23.5. The van der Waals surface area contributed by atoms with E-state index in [0.29, 0.717) is 6.42 Å². The van der Waals surface area contributed by atoms with Crippen molar-refractivity contribution in [2.24, 2.45) is 0 Å². The Morgan fingerprint density at radius 1 is 0.704 bits per heavy atom. The second-order valence-electron chi connectivity index (χ2n) is 5.96. The van der Waals surface area contributed by atoms with Crippen molar-refractivity contribution in [3.05, 3.63) is 72.9 Å². The zero-order valence-corrected chi connectivity index (χ0v) is 15.7. The molecule has 0 aliphatic heterocycles. The summed E-state index contributed by atoms with van der Waals surface area (Å²) in [5, 5.41) is 36.8. The van der Waals surface area contributed by atoms with Crippen molar-refractivity contribution >= 4 is 5.97 Å². The molecule has 0 bridgehead atoms. The molecule has 5 heteroatoms. The molecule has 5 nitrogen and oxygen atoms in total. The molecule has 150 valence electrons. The third kappa shape index (κ3) is 18.4. The standard InChI is InChI=1S/C22H32O5/c23-19-15-11-7-9-13-17-21(25)20(24)16-12-8-5-3-1-2-4-6-10-14-18-22(26)27/h1-6,8,10,12,14,16,18,20-21,23-25H,7,9,11,13,15,17,19H2,(H,26,27). The Kier molecular flexibility index (Phi) is 17.1. The average Bonchev–Trinajstić information content (AvgIpc) is 2.64. The van der Waals surface area contributed by atoms with Crippen molar-refractivity contribution in [2.75, 3.05) is 6.61 Å². The SMILES string of the molecule is O=C(O)C=CC=CC=CC=CC=CC=CC(O)C(O)CCCCCCCO. The maximum Gasteiger partial charge on any atom is 0.328 e. The van der Waals surface area contributed by atoms with E-state index in [2.05, 4.69) is 0 Å². The van der Waals surface area contributed by atoms with Crippen molar-refractivity contribution in [2.45, 2.75) is 50.7 Å². The smallest absolute Gasteiger partial charge is 0.328 e. The number of aliphatic hydroxyl groups is 3. The fraction of sp³-hybridized carbons (Fsp3) is 0.409. The van der Waals surface area contributed by atoms with E-state index in [4.69, 9.17) is 10.2 Å². The van der Waals surface area contributed by atoms with Gasteiger partial charge in [0.2, 0.25) is 0 Å². The van der Waals surface area contributed by atoms with E-state index in [1.807, 2.05) is 12.2 Å². The van der Waals surface area contributed by atoms with Gasteiger partial charge in [0.25, 0.3) is 0 Å². The van der Waals surface area contributed by atoms with Gasteiger partial charge in [-0.25, -0.2) is 4.79 Å². The van der Waals surface area contributed by atoms with Gasteiger partial charge in [-0.1, -0.05) is 92.5 Å². The molecule has 0 rings (SSSR count). The fourth-order valence-electron chi connectivity index (χ4n) is 2.12. The first-order valence-corrected chi connectivity index (χ1v) is 9.29. The molecule has 0 amide bonds. The summed E-state index contributed by atoms with van der Waals surface area (Å²) in [6.45, 7) is 0.231. The molecule has 0 heterocycles. The van der Waals surface area contributed by atoms with Gasteiger partial charge in [-0.05, 0) is 12.8 Å². The molecule has 0 saturated carbocycles. The number of allylic oxidation sites excluding steroid dienone is 10. The number of hydrogen-bond donors (Lipinski definition) is 4. The lowest BCUT2D eigenvalue weighted by Gasteiger charge is -2.13. The van der Waals surface area contributed by atoms with Crippen LogP contribution < -0.4 is 0 Å². The van der Waals surface area contributed by atoms with Gasteiger partial charge in [0.1, 0.15) is 0 Å². The molecule has 0 radical (unpaired) electrons. The van der Waals surface area contributed by atoms with E-state index in [0.717, 1.165) is 38.2 Å². The number of aliphatic hydroxyl groups excluding tert-OH is 3. The van der Waals surface area contributed by atoms with Crippen LogP contribution in [0.5, 0.6) is 0 Å². The lowest BCUT2D eigenvalue weighted by Crippen LogP contribution is -2.23. The molecule has 0 aliphatic rings. The fourth-order valence-corrected chi connectivity index (χ4v) is 2.12. The van der Waals surface area contributed by atoms with Gasteiger partial charge in [0.15, 0.2) is 0 Å². The van der Waals surface area contributed by atoms with Crippen LogP contribution in [0.15, 0.2) is 72.9 Å². The van der Waals surface area contributed by atoms with Crippen LogP contribution in [-0.4, -0.2) is 45.2 Å². The Labute approximate surface area is 162 Å². The van der Waals surface area contributed by atoms with Crippen LogP contribution in [0.25, 0.3) is 0 Å². The summed E-state index contributed by atoms with van der Waals surface area (Å²) < 4.78 is 0. The Bertz CT molecular complexity index is 541. The third-order valence-electron chi connectivity index (χ3n) is 3.60. The Morgan fingerprint density at radius 3 is 1.74 bits per heavy atom. The third-order valence-corrected chi connectivity index (χ3v) is 3.60. The molecule has 0 aromatic carbocycles. The maximum absolute atomic E-state index is 10.2. The van der Waals surface area contributed by atoms with E-state index in [1.165, 1.54) is 6.08 Å². The van der Waals surface area contributed by atoms with Crippen LogP contribution in [-0.2, 0) is 4.79 Å². The minimum atomic E-state index is -0.978. The highest BCUT2D eigenvalue weighted by atomic mass is 16.4. The highest BCUT2D eigenvalue weighted by Crippen LogP contribution is 2.10. The molecule has 27 heavy (non-hydrogen) atoms. The van der Waals surface area contributed by atoms with E-state index in [9.17, 15) is 15.0 Å². The predicted molar refractivity (Wildman–Crippen MR) is 109 cm³/mol. The van der Waals surface area contributed by atoms with Gasteiger partial charge in [0, 0.05) is 12.7 Å². The summed E-state index contributed by atoms with van der Waals surface area (Å²) in [5.74, 6) is -0.978. The highest BCUT2D eigenvalue weighted by Gasteiger charge is 2.11. The van der Waals surface area contributed by atoms with Crippen LogP contribution in [0.3, 0.4) is 0 Å². The number of rotatable bonds is 15. The predicted octanol–water partition coefficient (Wildman–Crippen LogP) is 3.46. The van der Waals surface area contributed by atoms with Crippen molar-refractivity contribution in [1.82, 2.24) is 0 Å². The lowest BCUT2D eigenvalue weighted by molar-refractivity contribution is -0.131. The molecular formula is C22H32O5. The average molecular weight is 376 g/mol. The van der Waals surface area contributed by atoms with Gasteiger partial charge in [-0.15, -0.1) is 0 Å².